The van der Waals surface area contributed by atoms with Gasteiger partial charge in [-0.15, -0.1) is 0 Å². The Labute approximate surface area is 183 Å². The summed E-state index contributed by atoms with van der Waals surface area (Å²) in [6.45, 7) is 2.91. The van der Waals surface area contributed by atoms with E-state index < -0.39 is 39.2 Å². The Morgan fingerprint density at radius 3 is 2.28 bits per heavy atom. The van der Waals surface area contributed by atoms with Gasteiger partial charge in [-0.05, 0) is 38.1 Å². The number of anilines is 2. The number of halogens is 2. The highest BCUT2D eigenvalue weighted by atomic mass is 32.2. The molecule has 170 valence electrons. The molecule has 8 nitrogen and oxygen atoms in total. The molecule has 0 aliphatic heterocycles. The van der Waals surface area contributed by atoms with Gasteiger partial charge in [-0.2, -0.15) is 0 Å². The molecule has 0 bridgehead atoms. The number of carbonyl (C=O) groups is 1. The molecule has 11 heteroatoms. The molecule has 0 aliphatic carbocycles. The van der Waals surface area contributed by atoms with Crippen molar-refractivity contribution < 1.29 is 22.0 Å². The summed E-state index contributed by atoms with van der Waals surface area (Å²) in [5.41, 5.74) is 0.275. The second kappa shape index (κ2) is 8.58. The summed E-state index contributed by atoms with van der Waals surface area (Å²) in [5, 5.41) is 2.49. The topological polar surface area (TPSA) is 93.4 Å². The number of rotatable bonds is 6. The minimum Gasteiger partial charge on any atom is -0.318 e. The number of carbonyl (C=O) groups excluding carboxylic acids is 1. The van der Waals surface area contributed by atoms with Crippen LogP contribution in [0.2, 0.25) is 0 Å². The molecule has 1 heterocycles. The van der Waals surface area contributed by atoms with Crippen molar-refractivity contribution >= 4 is 27.3 Å². The molecule has 3 aromatic rings. The summed E-state index contributed by atoms with van der Waals surface area (Å²) in [7, 11) is -2.41. The average Bonchev–Trinajstić information content (AvgIpc) is 2.93. The lowest BCUT2D eigenvalue weighted by atomic mass is 10.2. The Kier molecular flexibility index (Phi) is 6.22. The number of benzene rings is 2. The third kappa shape index (κ3) is 4.28. The number of nitrogens with zero attached hydrogens (tertiary/aromatic N) is 3. The fourth-order valence-electron chi connectivity index (χ4n) is 3.37. The van der Waals surface area contributed by atoms with Crippen LogP contribution in [0.5, 0.6) is 0 Å². The van der Waals surface area contributed by atoms with Crippen LogP contribution in [-0.4, -0.2) is 36.0 Å². The highest BCUT2D eigenvalue weighted by Crippen LogP contribution is 2.24. The van der Waals surface area contributed by atoms with Crippen LogP contribution in [0.3, 0.4) is 0 Å². The number of aromatic nitrogens is 2. The maximum Gasteiger partial charge on any atom is 0.295 e. The number of nitrogens with one attached hydrogen (secondary N) is 1. The number of hydrogen-bond donors (Lipinski definition) is 1. The van der Waals surface area contributed by atoms with Crippen molar-refractivity contribution in [2.75, 3.05) is 15.9 Å². The average molecular weight is 464 g/mol. The van der Waals surface area contributed by atoms with Crippen molar-refractivity contribution in [2.45, 2.75) is 19.9 Å². The number of hydrogen-bond acceptors (Lipinski definition) is 4. The van der Waals surface area contributed by atoms with Crippen LogP contribution >= 0.6 is 0 Å². The lowest BCUT2D eigenvalue weighted by Crippen LogP contribution is -2.46. The zero-order chi connectivity index (χ0) is 23.8. The van der Waals surface area contributed by atoms with Gasteiger partial charge in [0.05, 0.1) is 23.3 Å². The maximum absolute atomic E-state index is 13.7. The van der Waals surface area contributed by atoms with E-state index in [-0.39, 0.29) is 11.4 Å². The third-order valence-electron chi connectivity index (χ3n) is 5.05. The van der Waals surface area contributed by atoms with E-state index in [1.165, 1.54) is 11.6 Å². The minimum atomic E-state index is -4.06. The van der Waals surface area contributed by atoms with E-state index >= 15 is 0 Å². The molecule has 0 spiro atoms. The molecule has 0 aliphatic rings. The lowest BCUT2D eigenvalue weighted by Gasteiger charge is -2.28. The Bertz CT molecular complexity index is 1330. The van der Waals surface area contributed by atoms with Gasteiger partial charge in [0.15, 0.2) is 11.6 Å². The highest BCUT2D eigenvalue weighted by Gasteiger charge is 2.31. The van der Waals surface area contributed by atoms with E-state index in [0.29, 0.717) is 21.8 Å². The molecule has 2 aromatic carbocycles. The zero-order valence-electron chi connectivity index (χ0n) is 17.8. The summed E-state index contributed by atoms with van der Waals surface area (Å²) in [6, 6.07) is 9.93. The normalized spacial score (nSPS) is 12.4. The van der Waals surface area contributed by atoms with Crippen LogP contribution < -0.4 is 15.2 Å². The number of para-hydroxylation sites is 1. The van der Waals surface area contributed by atoms with E-state index in [0.717, 1.165) is 18.4 Å². The third-order valence-corrected chi connectivity index (χ3v) is 6.29. The molecule has 0 fully saturated rings. The minimum absolute atomic E-state index is 0.0214. The predicted molar refractivity (Wildman–Crippen MR) is 118 cm³/mol. The lowest BCUT2D eigenvalue weighted by molar-refractivity contribution is -0.116. The second-order valence-corrected chi connectivity index (χ2v) is 9.12. The molecular weight excluding hydrogens is 442 g/mol. The van der Waals surface area contributed by atoms with Crippen molar-refractivity contribution in [1.29, 1.82) is 0 Å². The van der Waals surface area contributed by atoms with Gasteiger partial charge in [0.2, 0.25) is 15.9 Å². The van der Waals surface area contributed by atoms with E-state index in [2.05, 4.69) is 5.32 Å². The molecule has 0 unspecified atom stereocenters. The van der Waals surface area contributed by atoms with Crippen LogP contribution in [0.15, 0.2) is 53.3 Å². The van der Waals surface area contributed by atoms with Crippen LogP contribution in [0.4, 0.5) is 20.2 Å². The van der Waals surface area contributed by atoms with E-state index in [1.54, 1.807) is 49.0 Å². The van der Waals surface area contributed by atoms with E-state index in [1.807, 2.05) is 0 Å². The molecule has 0 saturated heterocycles. The largest absolute Gasteiger partial charge is 0.318 e. The van der Waals surface area contributed by atoms with Crippen LogP contribution in [0.1, 0.15) is 12.6 Å². The first-order valence-electron chi connectivity index (χ1n) is 9.52. The fraction of sp³-hybridized carbons (Fsp3) is 0.238. The van der Waals surface area contributed by atoms with Gasteiger partial charge in [-0.25, -0.2) is 21.9 Å². The van der Waals surface area contributed by atoms with Crippen LogP contribution in [0.25, 0.3) is 5.69 Å². The first kappa shape index (κ1) is 23.2. The van der Waals surface area contributed by atoms with Crippen molar-refractivity contribution in [3.8, 4) is 5.69 Å². The van der Waals surface area contributed by atoms with Gasteiger partial charge < -0.3 is 5.32 Å². The summed E-state index contributed by atoms with van der Waals surface area (Å²) in [4.78, 5) is 25.9. The molecule has 1 aromatic heterocycles. The van der Waals surface area contributed by atoms with Crippen molar-refractivity contribution in [3.05, 3.63) is 76.2 Å². The summed E-state index contributed by atoms with van der Waals surface area (Å²) in [6.07, 6.45) is 0.841. The summed E-state index contributed by atoms with van der Waals surface area (Å²) < 4.78 is 55.3. The Morgan fingerprint density at radius 2 is 1.72 bits per heavy atom. The fourth-order valence-corrected chi connectivity index (χ4v) is 4.54. The van der Waals surface area contributed by atoms with Crippen molar-refractivity contribution in [1.82, 2.24) is 9.36 Å². The van der Waals surface area contributed by atoms with E-state index in [4.69, 9.17) is 0 Å². The quantitative estimate of drug-likeness (QED) is 0.607. The van der Waals surface area contributed by atoms with E-state index in [9.17, 15) is 26.8 Å². The molecule has 1 N–H and O–H groups in total. The van der Waals surface area contributed by atoms with Gasteiger partial charge in [0.1, 0.15) is 11.7 Å². The number of amides is 1. The Balaban J connectivity index is 1.99. The Hall–Kier alpha value is -3.47. The van der Waals surface area contributed by atoms with Gasteiger partial charge in [-0.1, -0.05) is 18.2 Å². The molecule has 1 amide bonds. The summed E-state index contributed by atoms with van der Waals surface area (Å²) >= 11 is 0. The summed E-state index contributed by atoms with van der Waals surface area (Å²) in [5.74, 6) is -3.22. The smallest absolute Gasteiger partial charge is 0.295 e. The standard InChI is InChI=1S/C21H22F2N4O4S/c1-13-19(21(29)26(25(13)3)15-8-6-5-7-9-15)24-20(28)14(2)27(32(4,30)31)16-10-11-17(22)18(23)12-16/h5-12,14H,1-4H3,(H,24,28)/t14-/m0/s1. The molecule has 0 radical (unpaired) electrons. The molecule has 1 atom stereocenters. The zero-order valence-corrected chi connectivity index (χ0v) is 18.7. The number of sulfonamides is 1. The predicted octanol–water partition coefficient (Wildman–Crippen LogP) is 2.56. The van der Waals surface area contributed by atoms with Crippen LogP contribution in [0, 0.1) is 18.6 Å². The first-order valence-corrected chi connectivity index (χ1v) is 11.4. The van der Waals surface area contributed by atoms with Gasteiger partial charge >= 0.3 is 0 Å². The maximum atomic E-state index is 13.7. The monoisotopic (exact) mass is 464 g/mol. The molecular formula is C21H22F2N4O4S. The Morgan fingerprint density at radius 1 is 1.09 bits per heavy atom. The van der Waals surface area contributed by atoms with Crippen LogP contribution in [-0.2, 0) is 21.9 Å². The van der Waals surface area contributed by atoms with Crippen molar-refractivity contribution in [3.63, 3.8) is 0 Å². The molecule has 3 rings (SSSR count). The molecule has 0 saturated carbocycles. The second-order valence-electron chi connectivity index (χ2n) is 7.26. The SMILES string of the molecule is Cc1c(NC(=O)[C@H](C)N(c2ccc(F)c(F)c2)S(C)(=O)=O)c(=O)n(-c2ccccc2)n1C. The van der Waals surface area contributed by atoms with Gasteiger partial charge in [-0.3, -0.25) is 18.6 Å². The van der Waals surface area contributed by atoms with Gasteiger partial charge in [0.25, 0.3) is 5.56 Å². The van der Waals surface area contributed by atoms with Crippen molar-refractivity contribution in [2.24, 2.45) is 7.05 Å². The molecule has 32 heavy (non-hydrogen) atoms. The first-order chi connectivity index (χ1) is 14.9. The highest BCUT2D eigenvalue weighted by molar-refractivity contribution is 7.92. The van der Waals surface area contributed by atoms with Gasteiger partial charge in [0, 0.05) is 13.1 Å².